The molecule has 0 spiro atoms. The highest BCUT2D eigenvalue weighted by molar-refractivity contribution is 5.72. The molecular formula is C22H19N3O4. The molecule has 7 nitrogen and oxygen atoms in total. The number of hydrogen-bond acceptors (Lipinski definition) is 6. The molecule has 1 N–H and O–H groups in total. The fourth-order valence-corrected chi connectivity index (χ4v) is 2.83. The molecule has 4 rings (SSSR count). The number of pyridine rings is 1. The van der Waals surface area contributed by atoms with Crippen LogP contribution >= 0.6 is 0 Å². The van der Waals surface area contributed by atoms with Gasteiger partial charge in [-0.15, -0.1) is 0 Å². The second-order valence-corrected chi connectivity index (χ2v) is 6.43. The molecule has 2 heterocycles. The zero-order valence-electron chi connectivity index (χ0n) is 15.5. The minimum absolute atomic E-state index is 0.0381. The molecular weight excluding hydrogens is 370 g/mol. The second kappa shape index (κ2) is 8.53. The lowest BCUT2D eigenvalue weighted by Crippen LogP contribution is -2.30. The van der Waals surface area contributed by atoms with Gasteiger partial charge in [0.1, 0.15) is 36.3 Å². The molecule has 0 saturated heterocycles. The van der Waals surface area contributed by atoms with Gasteiger partial charge in [0.15, 0.2) is 5.65 Å². The maximum Gasteiger partial charge on any atom is 0.262 e. The number of aliphatic hydroxyl groups excluding tert-OH is 1. The van der Waals surface area contributed by atoms with Gasteiger partial charge in [0.05, 0.1) is 11.9 Å². The molecule has 0 radical (unpaired) electrons. The fraction of sp³-hybridized carbons (Fsp3) is 0.136. The molecule has 1 atom stereocenters. The third kappa shape index (κ3) is 4.59. The average Bonchev–Trinajstić information content (AvgIpc) is 2.76. The van der Waals surface area contributed by atoms with Gasteiger partial charge in [-0.2, -0.15) is 0 Å². The lowest BCUT2D eigenvalue weighted by molar-refractivity contribution is 0.0914. The van der Waals surface area contributed by atoms with E-state index in [1.807, 2.05) is 30.3 Å². The summed E-state index contributed by atoms with van der Waals surface area (Å²) < 4.78 is 12.7. The van der Waals surface area contributed by atoms with E-state index >= 15 is 0 Å². The normalized spacial score (nSPS) is 11.9. The van der Waals surface area contributed by atoms with Gasteiger partial charge in [0.25, 0.3) is 5.56 Å². The molecule has 0 aliphatic heterocycles. The molecule has 7 heteroatoms. The van der Waals surface area contributed by atoms with Gasteiger partial charge in [-0.3, -0.25) is 9.36 Å². The van der Waals surface area contributed by atoms with Crippen LogP contribution in [0.3, 0.4) is 0 Å². The summed E-state index contributed by atoms with van der Waals surface area (Å²) in [5.74, 6) is 2.03. The molecule has 0 bridgehead atoms. The van der Waals surface area contributed by atoms with Crippen LogP contribution in [0.2, 0.25) is 0 Å². The van der Waals surface area contributed by atoms with E-state index in [0.717, 1.165) is 5.75 Å². The molecule has 0 fully saturated rings. The van der Waals surface area contributed by atoms with Gasteiger partial charge < -0.3 is 14.6 Å². The minimum atomic E-state index is -0.871. The van der Waals surface area contributed by atoms with Crippen LogP contribution in [0.5, 0.6) is 17.2 Å². The molecule has 0 aliphatic carbocycles. The smallest absolute Gasteiger partial charge is 0.262 e. The zero-order chi connectivity index (χ0) is 20.1. The van der Waals surface area contributed by atoms with Crippen molar-refractivity contribution in [3.63, 3.8) is 0 Å². The molecule has 0 unspecified atom stereocenters. The van der Waals surface area contributed by atoms with Crippen LogP contribution in [-0.2, 0) is 6.54 Å². The van der Waals surface area contributed by atoms with Crippen LogP contribution < -0.4 is 15.0 Å². The summed E-state index contributed by atoms with van der Waals surface area (Å²) >= 11 is 0. The molecule has 146 valence electrons. The van der Waals surface area contributed by atoms with Crippen molar-refractivity contribution in [1.29, 1.82) is 0 Å². The van der Waals surface area contributed by atoms with Crippen LogP contribution in [0.1, 0.15) is 0 Å². The Hall–Kier alpha value is -3.71. The van der Waals surface area contributed by atoms with Gasteiger partial charge in [0, 0.05) is 6.20 Å². The van der Waals surface area contributed by atoms with Crippen molar-refractivity contribution in [1.82, 2.24) is 14.5 Å². The van der Waals surface area contributed by atoms with Crippen LogP contribution in [0.15, 0.2) is 84.0 Å². The lowest BCUT2D eigenvalue weighted by Gasteiger charge is -2.14. The van der Waals surface area contributed by atoms with Gasteiger partial charge in [-0.05, 0) is 48.5 Å². The summed E-state index contributed by atoms with van der Waals surface area (Å²) in [5, 5.41) is 10.7. The third-order valence-electron chi connectivity index (χ3n) is 4.25. The lowest BCUT2D eigenvalue weighted by atomic mass is 10.3. The summed E-state index contributed by atoms with van der Waals surface area (Å²) in [6.07, 6.45) is 2.10. The summed E-state index contributed by atoms with van der Waals surface area (Å²) in [6.45, 7) is 0.113. The summed E-state index contributed by atoms with van der Waals surface area (Å²) in [7, 11) is 0. The van der Waals surface area contributed by atoms with Crippen LogP contribution in [0, 0.1) is 0 Å². The first kappa shape index (κ1) is 18.6. The first-order valence-corrected chi connectivity index (χ1v) is 9.13. The van der Waals surface area contributed by atoms with E-state index in [1.165, 1.54) is 10.9 Å². The van der Waals surface area contributed by atoms with E-state index in [0.29, 0.717) is 22.5 Å². The molecule has 2 aromatic carbocycles. The average molecular weight is 389 g/mol. The Morgan fingerprint density at radius 1 is 0.897 bits per heavy atom. The molecule has 4 aromatic rings. The monoisotopic (exact) mass is 389 g/mol. The Balaban J connectivity index is 1.34. The second-order valence-electron chi connectivity index (χ2n) is 6.43. The zero-order valence-corrected chi connectivity index (χ0v) is 15.5. The van der Waals surface area contributed by atoms with Crippen LogP contribution in [0.25, 0.3) is 11.0 Å². The van der Waals surface area contributed by atoms with Crippen molar-refractivity contribution >= 4 is 11.0 Å². The minimum Gasteiger partial charge on any atom is -0.491 e. The quantitative estimate of drug-likeness (QED) is 0.523. The van der Waals surface area contributed by atoms with Gasteiger partial charge in [-0.25, -0.2) is 9.97 Å². The van der Waals surface area contributed by atoms with Crippen molar-refractivity contribution in [2.24, 2.45) is 0 Å². The molecule has 2 aromatic heterocycles. The van der Waals surface area contributed by atoms with Crippen molar-refractivity contribution in [2.45, 2.75) is 12.6 Å². The standard InChI is InChI=1S/C22H19N3O4/c26-16(13-25-15-24-21-20(22(25)27)7-4-12-23-21)14-28-17-8-10-19(11-9-17)29-18-5-2-1-3-6-18/h1-12,15-16,26H,13-14H2/t16-/m0/s1. The number of ether oxygens (including phenoxy) is 2. The molecule has 0 saturated carbocycles. The first-order valence-electron chi connectivity index (χ1n) is 9.13. The van der Waals surface area contributed by atoms with Crippen LogP contribution in [0.4, 0.5) is 0 Å². The Morgan fingerprint density at radius 3 is 2.41 bits per heavy atom. The first-order chi connectivity index (χ1) is 14.2. The maximum atomic E-state index is 12.4. The van der Waals surface area contributed by atoms with E-state index in [4.69, 9.17) is 9.47 Å². The number of benzene rings is 2. The number of aliphatic hydroxyl groups is 1. The number of rotatable bonds is 7. The highest BCUT2D eigenvalue weighted by atomic mass is 16.5. The van der Waals surface area contributed by atoms with E-state index < -0.39 is 6.10 Å². The van der Waals surface area contributed by atoms with Gasteiger partial charge >= 0.3 is 0 Å². The van der Waals surface area contributed by atoms with Crippen molar-refractivity contribution in [3.05, 3.63) is 89.6 Å². The van der Waals surface area contributed by atoms with E-state index in [1.54, 1.807) is 42.6 Å². The topological polar surface area (TPSA) is 86.5 Å². The largest absolute Gasteiger partial charge is 0.491 e. The van der Waals surface area contributed by atoms with Crippen molar-refractivity contribution < 1.29 is 14.6 Å². The predicted octanol–water partition coefficient (Wildman–Crippen LogP) is 3.02. The summed E-state index contributed by atoms with van der Waals surface area (Å²) in [5.41, 5.74) is 0.141. The Kier molecular flexibility index (Phi) is 5.49. The van der Waals surface area contributed by atoms with Crippen molar-refractivity contribution in [2.75, 3.05) is 6.61 Å². The van der Waals surface area contributed by atoms with E-state index in [9.17, 15) is 9.90 Å². The van der Waals surface area contributed by atoms with Crippen molar-refractivity contribution in [3.8, 4) is 17.2 Å². The number of aromatic nitrogens is 3. The SMILES string of the molecule is O=c1c2cccnc2ncn1C[C@H](O)COc1ccc(Oc2ccccc2)cc1. The molecule has 0 aliphatic rings. The summed E-state index contributed by atoms with van der Waals surface area (Å²) in [4.78, 5) is 20.6. The maximum absolute atomic E-state index is 12.4. The summed E-state index contributed by atoms with van der Waals surface area (Å²) in [6, 6.07) is 19.9. The van der Waals surface area contributed by atoms with Gasteiger partial charge in [-0.1, -0.05) is 18.2 Å². The Labute approximate surface area is 166 Å². The fourth-order valence-electron chi connectivity index (χ4n) is 2.83. The molecule has 0 amide bonds. The number of nitrogens with zero attached hydrogens (tertiary/aromatic N) is 3. The van der Waals surface area contributed by atoms with E-state index in [2.05, 4.69) is 9.97 Å². The Bertz CT molecular complexity index is 1140. The van der Waals surface area contributed by atoms with Crippen LogP contribution in [-0.4, -0.2) is 32.4 Å². The van der Waals surface area contributed by atoms with Gasteiger partial charge in [0.2, 0.25) is 0 Å². The third-order valence-corrected chi connectivity index (χ3v) is 4.25. The molecule has 29 heavy (non-hydrogen) atoms. The Morgan fingerprint density at radius 2 is 1.62 bits per heavy atom. The van der Waals surface area contributed by atoms with E-state index in [-0.39, 0.29) is 18.7 Å². The number of hydrogen-bond donors (Lipinski definition) is 1. The predicted molar refractivity (Wildman–Crippen MR) is 108 cm³/mol. The number of fused-ring (bicyclic) bond motifs is 1. The number of para-hydroxylation sites is 1. The highest BCUT2D eigenvalue weighted by Gasteiger charge is 2.10. The highest BCUT2D eigenvalue weighted by Crippen LogP contribution is 2.23.